The number of aromatic carboxylic acids is 1. The molecule has 0 fully saturated rings. The summed E-state index contributed by atoms with van der Waals surface area (Å²) >= 11 is 0. The third kappa shape index (κ3) is 6.15. The van der Waals surface area contributed by atoms with Gasteiger partial charge >= 0.3 is 5.97 Å². The highest BCUT2D eigenvalue weighted by atomic mass is 17.1. The van der Waals surface area contributed by atoms with Crippen molar-refractivity contribution in [2.45, 2.75) is 47.5 Å². The molecule has 0 unspecified atom stereocenters. The zero-order valence-electron chi connectivity index (χ0n) is 21.7. The second-order valence-electron chi connectivity index (χ2n) is 9.60. The first-order valence-electron chi connectivity index (χ1n) is 12.2. The van der Waals surface area contributed by atoms with Crippen LogP contribution in [0.15, 0.2) is 72.8 Å². The Hall–Kier alpha value is -3.77. The van der Waals surface area contributed by atoms with E-state index in [-0.39, 0.29) is 12.2 Å². The standard InChI is InChI=1S/C16H16O4.C16H16O/c1-10-3-5-13(12(7-10)9-20-19)14-6-4-11(2)8-15(14)16(17)18;1-11-3-5-15-13(7-11)9-17-10-14-8-12(2)4-6-16(14)15/h3-8,19H,9H2,1-2H3,(H,17,18);3-8H,9-10H2,1-2H3. The Morgan fingerprint density at radius 2 is 1.16 bits per heavy atom. The fourth-order valence-corrected chi connectivity index (χ4v) is 4.72. The zero-order chi connectivity index (χ0) is 26.5. The molecule has 190 valence electrons. The highest BCUT2D eigenvalue weighted by Crippen LogP contribution is 2.33. The van der Waals surface area contributed by atoms with Gasteiger partial charge in [0.05, 0.1) is 18.8 Å². The molecular formula is C32H32O5. The van der Waals surface area contributed by atoms with Crippen LogP contribution in [0.25, 0.3) is 22.3 Å². The molecule has 0 saturated carbocycles. The van der Waals surface area contributed by atoms with Crippen LogP contribution in [-0.4, -0.2) is 16.3 Å². The summed E-state index contributed by atoms with van der Waals surface area (Å²) in [6, 6.07) is 24.1. The van der Waals surface area contributed by atoms with Crippen LogP contribution >= 0.6 is 0 Å². The lowest BCUT2D eigenvalue weighted by molar-refractivity contribution is -0.252. The highest BCUT2D eigenvalue weighted by Gasteiger charge is 2.16. The molecule has 0 radical (unpaired) electrons. The molecule has 2 N–H and O–H groups in total. The van der Waals surface area contributed by atoms with Gasteiger partial charge in [-0.05, 0) is 72.7 Å². The minimum Gasteiger partial charge on any atom is -0.478 e. The van der Waals surface area contributed by atoms with Crippen LogP contribution in [0.1, 0.15) is 49.3 Å². The number of carboxylic acids is 1. The van der Waals surface area contributed by atoms with E-state index >= 15 is 0 Å². The maximum Gasteiger partial charge on any atom is 0.336 e. The van der Waals surface area contributed by atoms with Crippen molar-refractivity contribution < 1.29 is 24.8 Å². The van der Waals surface area contributed by atoms with Crippen molar-refractivity contribution in [3.05, 3.63) is 117 Å². The van der Waals surface area contributed by atoms with Crippen LogP contribution in [0.4, 0.5) is 0 Å². The van der Waals surface area contributed by atoms with Crippen molar-refractivity contribution in [3.63, 3.8) is 0 Å². The van der Waals surface area contributed by atoms with E-state index in [1.54, 1.807) is 12.1 Å². The molecule has 5 heteroatoms. The predicted molar refractivity (Wildman–Crippen MR) is 146 cm³/mol. The molecular weight excluding hydrogens is 464 g/mol. The maximum atomic E-state index is 11.4. The van der Waals surface area contributed by atoms with Crippen LogP contribution in [0.5, 0.6) is 0 Å². The first-order chi connectivity index (χ1) is 17.8. The molecule has 4 aromatic carbocycles. The van der Waals surface area contributed by atoms with Crippen molar-refractivity contribution in [2.24, 2.45) is 0 Å². The number of fused-ring (bicyclic) bond motifs is 3. The van der Waals surface area contributed by atoms with E-state index in [0.29, 0.717) is 18.8 Å². The molecule has 0 amide bonds. The van der Waals surface area contributed by atoms with Crippen molar-refractivity contribution in [3.8, 4) is 22.3 Å². The van der Waals surface area contributed by atoms with Gasteiger partial charge in [-0.25, -0.2) is 9.68 Å². The molecule has 37 heavy (non-hydrogen) atoms. The topological polar surface area (TPSA) is 76.0 Å². The molecule has 0 bridgehead atoms. The summed E-state index contributed by atoms with van der Waals surface area (Å²) in [5, 5.41) is 18.0. The predicted octanol–water partition coefficient (Wildman–Crippen LogP) is 7.66. The van der Waals surface area contributed by atoms with Crippen LogP contribution in [-0.2, 0) is 29.4 Å². The molecule has 0 atom stereocenters. The molecule has 1 aliphatic rings. The lowest BCUT2D eigenvalue weighted by Crippen LogP contribution is -2.02. The Labute approximate surface area is 217 Å². The van der Waals surface area contributed by atoms with Crippen LogP contribution < -0.4 is 0 Å². The van der Waals surface area contributed by atoms with E-state index in [1.165, 1.54) is 33.4 Å². The van der Waals surface area contributed by atoms with Gasteiger partial charge in [-0.1, -0.05) is 89.0 Å². The van der Waals surface area contributed by atoms with E-state index in [2.05, 4.69) is 55.1 Å². The van der Waals surface area contributed by atoms with Crippen LogP contribution in [0.3, 0.4) is 0 Å². The average Bonchev–Trinajstić information content (AvgIpc) is 3.03. The molecule has 0 aromatic heterocycles. The molecule has 1 aliphatic heterocycles. The molecule has 5 rings (SSSR count). The van der Waals surface area contributed by atoms with Crippen molar-refractivity contribution >= 4 is 5.97 Å². The van der Waals surface area contributed by atoms with Gasteiger partial charge in [-0.3, -0.25) is 5.26 Å². The number of aryl methyl sites for hydroxylation is 4. The molecule has 4 aromatic rings. The lowest BCUT2D eigenvalue weighted by Gasteiger charge is -2.12. The van der Waals surface area contributed by atoms with Gasteiger partial charge in [0.1, 0.15) is 6.61 Å². The fraction of sp³-hybridized carbons (Fsp3) is 0.219. The van der Waals surface area contributed by atoms with Gasteiger partial charge < -0.3 is 9.84 Å². The van der Waals surface area contributed by atoms with E-state index in [4.69, 9.17) is 9.99 Å². The van der Waals surface area contributed by atoms with Gasteiger partial charge in [-0.15, -0.1) is 0 Å². The summed E-state index contributed by atoms with van der Waals surface area (Å²) in [6.45, 7) is 9.48. The quantitative estimate of drug-likeness (QED) is 0.224. The van der Waals surface area contributed by atoms with Crippen molar-refractivity contribution in [1.82, 2.24) is 0 Å². The molecule has 1 heterocycles. The number of rotatable bonds is 4. The zero-order valence-corrected chi connectivity index (χ0v) is 21.7. The normalized spacial score (nSPS) is 12.0. The number of hydrogen-bond acceptors (Lipinski definition) is 4. The summed E-state index contributed by atoms with van der Waals surface area (Å²) in [5.74, 6) is -0.972. The summed E-state index contributed by atoms with van der Waals surface area (Å²) < 4.78 is 5.76. The number of ether oxygens (including phenoxy) is 1. The second-order valence-corrected chi connectivity index (χ2v) is 9.60. The number of carboxylic acid groups (broad SMARTS) is 1. The minimum atomic E-state index is -0.972. The number of hydrogen-bond donors (Lipinski definition) is 2. The molecule has 5 nitrogen and oxygen atoms in total. The SMILES string of the molecule is Cc1ccc(-c2ccc(C)cc2C(=O)O)c(COO)c1.Cc1ccc2c(c1)COCc1cc(C)ccc1-2. The van der Waals surface area contributed by atoms with Gasteiger partial charge in [0.25, 0.3) is 0 Å². The molecule has 0 spiro atoms. The Morgan fingerprint density at radius 3 is 1.68 bits per heavy atom. The number of benzene rings is 4. The first kappa shape index (κ1) is 26.3. The number of carbonyl (C=O) groups is 1. The minimum absolute atomic E-state index is 0.0178. The molecule has 0 saturated heterocycles. The Balaban J connectivity index is 0.000000175. The summed E-state index contributed by atoms with van der Waals surface area (Å²) in [6.07, 6.45) is 0. The van der Waals surface area contributed by atoms with E-state index in [0.717, 1.165) is 22.3 Å². The lowest BCUT2D eigenvalue weighted by atomic mass is 9.93. The largest absolute Gasteiger partial charge is 0.478 e. The van der Waals surface area contributed by atoms with Crippen molar-refractivity contribution in [2.75, 3.05) is 0 Å². The average molecular weight is 497 g/mol. The third-order valence-electron chi connectivity index (χ3n) is 6.50. The van der Waals surface area contributed by atoms with Gasteiger partial charge in [-0.2, -0.15) is 0 Å². The summed E-state index contributed by atoms with van der Waals surface area (Å²) in [4.78, 5) is 15.6. The first-order valence-corrected chi connectivity index (χ1v) is 12.2. The monoisotopic (exact) mass is 496 g/mol. The highest BCUT2D eigenvalue weighted by molar-refractivity contribution is 5.96. The van der Waals surface area contributed by atoms with Crippen LogP contribution in [0.2, 0.25) is 0 Å². The van der Waals surface area contributed by atoms with E-state index in [9.17, 15) is 9.90 Å². The maximum absolute atomic E-state index is 11.4. The summed E-state index contributed by atoms with van der Waals surface area (Å²) in [7, 11) is 0. The van der Waals surface area contributed by atoms with E-state index in [1.807, 2.05) is 38.1 Å². The Kier molecular flexibility index (Phi) is 8.19. The smallest absolute Gasteiger partial charge is 0.336 e. The van der Waals surface area contributed by atoms with Gasteiger partial charge in [0.2, 0.25) is 0 Å². The van der Waals surface area contributed by atoms with Crippen molar-refractivity contribution in [1.29, 1.82) is 0 Å². The Bertz CT molecular complexity index is 1390. The van der Waals surface area contributed by atoms with Crippen LogP contribution in [0, 0.1) is 27.7 Å². The van der Waals surface area contributed by atoms with Gasteiger partial charge in [0.15, 0.2) is 0 Å². The summed E-state index contributed by atoms with van der Waals surface area (Å²) in [5.41, 5.74) is 12.1. The van der Waals surface area contributed by atoms with E-state index < -0.39 is 5.97 Å². The fourth-order valence-electron chi connectivity index (χ4n) is 4.72. The third-order valence-corrected chi connectivity index (χ3v) is 6.50. The molecule has 0 aliphatic carbocycles. The van der Waals surface area contributed by atoms with Gasteiger partial charge in [0, 0.05) is 0 Å². The second kappa shape index (κ2) is 11.5. The Morgan fingerprint density at radius 1 is 0.703 bits per heavy atom.